The van der Waals surface area contributed by atoms with E-state index in [0.29, 0.717) is 6.61 Å². The molecule has 3 rings (SSSR count). The highest BCUT2D eigenvalue weighted by molar-refractivity contribution is 5.68. The van der Waals surface area contributed by atoms with E-state index in [4.69, 9.17) is 4.74 Å². The first kappa shape index (κ1) is 14.4. The van der Waals surface area contributed by atoms with E-state index in [1.165, 1.54) is 0 Å². The first-order valence-electron chi connectivity index (χ1n) is 7.24. The summed E-state index contributed by atoms with van der Waals surface area (Å²) in [5.74, 6) is 0.824. The first-order chi connectivity index (χ1) is 10.9. The molecule has 0 aliphatic rings. The van der Waals surface area contributed by atoms with Gasteiger partial charge in [-0.25, -0.2) is 4.98 Å². The Morgan fingerprint density at radius 2 is 2.00 bits per heavy atom. The molecule has 0 amide bonds. The average molecular weight is 294 g/mol. The second kappa shape index (κ2) is 6.91. The van der Waals surface area contributed by atoms with Crippen molar-refractivity contribution in [3.63, 3.8) is 0 Å². The molecule has 0 spiro atoms. The number of hydrogen-bond donors (Lipinski definition) is 1. The fourth-order valence-electron chi connectivity index (χ4n) is 2.38. The Morgan fingerprint density at radius 1 is 1.09 bits per heavy atom. The number of hydrogen-bond acceptors (Lipinski definition) is 3. The summed E-state index contributed by atoms with van der Waals surface area (Å²) in [7, 11) is 0. The van der Waals surface area contributed by atoms with Gasteiger partial charge in [0.15, 0.2) is 0 Å². The van der Waals surface area contributed by atoms with Crippen molar-refractivity contribution < 1.29 is 9.84 Å². The second-order valence-corrected chi connectivity index (χ2v) is 4.99. The quantitative estimate of drug-likeness (QED) is 0.760. The first-order valence-corrected chi connectivity index (χ1v) is 7.24. The monoisotopic (exact) mass is 294 g/mol. The van der Waals surface area contributed by atoms with Gasteiger partial charge in [0, 0.05) is 12.4 Å². The SMILES string of the molecule is OCc1ccccc1-c1cccc(OCCn2ccnc2)c1. The van der Waals surface area contributed by atoms with Gasteiger partial charge in [0.1, 0.15) is 12.4 Å². The molecule has 0 aliphatic carbocycles. The third kappa shape index (κ3) is 3.35. The number of rotatable bonds is 6. The van der Waals surface area contributed by atoms with Gasteiger partial charge in [-0.15, -0.1) is 0 Å². The lowest BCUT2D eigenvalue weighted by Gasteiger charge is -2.11. The third-order valence-corrected chi connectivity index (χ3v) is 3.51. The zero-order chi connectivity index (χ0) is 15.2. The third-order valence-electron chi connectivity index (χ3n) is 3.51. The maximum atomic E-state index is 9.46. The predicted molar refractivity (Wildman–Crippen MR) is 85.5 cm³/mol. The van der Waals surface area contributed by atoms with Crippen LogP contribution in [0.4, 0.5) is 0 Å². The van der Waals surface area contributed by atoms with Crippen LogP contribution < -0.4 is 4.74 Å². The van der Waals surface area contributed by atoms with E-state index in [9.17, 15) is 5.11 Å². The highest BCUT2D eigenvalue weighted by Crippen LogP contribution is 2.27. The van der Waals surface area contributed by atoms with Crippen molar-refractivity contribution >= 4 is 0 Å². The van der Waals surface area contributed by atoms with Crippen LogP contribution in [0.1, 0.15) is 5.56 Å². The molecule has 1 aromatic heterocycles. The van der Waals surface area contributed by atoms with Crippen molar-refractivity contribution in [2.45, 2.75) is 13.2 Å². The number of benzene rings is 2. The Hall–Kier alpha value is -2.59. The molecular weight excluding hydrogens is 276 g/mol. The van der Waals surface area contributed by atoms with Gasteiger partial charge in [-0.2, -0.15) is 0 Å². The molecule has 0 saturated heterocycles. The van der Waals surface area contributed by atoms with Crippen LogP contribution in [0.15, 0.2) is 67.3 Å². The van der Waals surface area contributed by atoms with Crippen molar-refractivity contribution in [1.82, 2.24) is 9.55 Å². The number of aliphatic hydroxyl groups excluding tert-OH is 1. The molecule has 1 heterocycles. The summed E-state index contributed by atoms with van der Waals surface area (Å²) in [6.45, 7) is 1.38. The lowest BCUT2D eigenvalue weighted by molar-refractivity contribution is 0.282. The Morgan fingerprint density at radius 3 is 2.82 bits per heavy atom. The smallest absolute Gasteiger partial charge is 0.120 e. The summed E-state index contributed by atoms with van der Waals surface area (Å²) < 4.78 is 7.78. The van der Waals surface area contributed by atoms with Crippen LogP contribution in [0.3, 0.4) is 0 Å². The molecule has 0 unspecified atom stereocenters. The van der Waals surface area contributed by atoms with Crippen molar-refractivity contribution in [3.05, 3.63) is 72.8 Å². The number of ether oxygens (including phenoxy) is 1. The van der Waals surface area contributed by atoms with Crippen LogP contribution in [0.2, 0.25) is 0 Å². The minimum Gasteiger partial charge on any atom is -0.492 e. The van der Waals surface area contributed by atoms with Gasteiger partial charge in [0.2, 0.25) is 0 Å². The van der Waals surface area contributed by atoms with Gasteiger partial charge in [-0.1, -0.05) is 36.4 Å². The van der Waals surface area contributed by atoms with Gasteiger partial charge in [-0.3, -0.25) is 0 Å². The summed E-state index contributed by atoms with van der Waals surface area (Å²) in [6, 6.07) is 15.8. The van der Waals surface area contributed by atoms with Gasteiger partial charge >= 0.3 is 0 Å². The zero-order valence-electron chi connectivity index (χ0n) is 12.2. The zero-order valence-corrected chi connectivity index (χ0v) is 12.2. The Labute approximate surface area is 129 Å². The summed E-state index contributed by atoms with van der Waals surface area (Å²) in [4.78, 5) is 4.00. The van der Waals surface area contributed by atoms with Crippen molar-refractivity contribution in [2.75, 3.05) is 6.61 Å². The van der Waals surface area contributed by atoms with Crippen LogP contribution in [-0.2, 0) is 13.2 Å². The largest absolute Gasteiger partial charge is 0.492 e. The van der Waals surface area contributed by atoms with E-state index in [1.807, 2.05) is 59.3 Å². The summed E-state index contributed by atoms with van der Waals surface area (Å²) in [5, 5.41) is 9.46. The molecule has 4 heteroatoms. The molecule has 0 atom stereocenters. The lowest BCUT2D eigenvalue weighted by atomic mass is 10.00. The highest BCUT2D eigenvalue weighted by Gasteiger charge is 2.05. The topological polar surface area (TPSA) is 47.3 Å². The Kier molecular flexibility index (Phi) is 4.51. The number of nitrogens with zero attached hydrogens (tertiary/aromatic N) is 2. The van der Waals surface area contributed by atoms with E-state index >= 15 is 0 Å². The lowest BCUT2D eigenvalue weighted by Crippen LogP contribution is -2.06. The molecule has 112 valence electrons. The van der Waals surface area contributed by atoms with Crippen molar-refractivity contribution in [2.24, 2.45) is 0 Å². The van der Waals surface area contributed by atoms with Gasteiger partial charge in [0.05, 0.1) is 19.5 Å². The molecule has 0 aliphatic heterocycles. The maximum absolute atomic E-state index is 9.46. The van der Waals surface area contributed by atoms with E-state index in [1.54, 1.807) is 12.5 Å². The van der Waals surface area contributed by atoms with E-state index < -0.39 is 0 Å². The maximum Gasteiger partial charge on any atom is 0.120 e. The summed E-state index contributed by atoms with van der Waals surface area (Å²) >= 11 is 0. The van der Waals surface area contributed by atoms with Crippen LogP contribution >= 0.6 is 0 Å². The minimum atomic E-state index is 0.0297. The number of aromatic nitrogens is 2. The Balaban J connectivity index is 1.72. The molecule has 1 N–H and O–H groups in total. The van der Waals surface area contributed by atoms with Crippen LogP contribution in [0, 0.1) is 0 Å². The normalized spacial score (nSPS) is 10.6. The van der Waals surface area contributed by atoms with Crippen LogP contribution in [0.25, 0.3) is 11.1 Å². The van der Waals surface area contributed by atoms with Gasteiger partial charge in [-0.05, 0) is 28.8 Å². The molecule has 3 aromatic rings. The molecule has 0 saturated carbocycles. The molecule has 22 heavy (non-hydrogen) atoms. The van der Waals surface area contributed by atoms with E-state index in [-0.39, 0.29) is 6.61 Å². The fraction of sp³-hybridized carbons (Fsp3) is 0.167. The standard InChI is InChI=1S/C18H18N2O2/c21-13-16-4-1-2-7-18(16)15-5-3-6-17(12-15)22-11-10-20-9-8-19-14-20/h1-9,12,14,21H,10-11,13H2. The molecule has 0 radical (unpaired) electrons. The summed E-state index contributed by atoms with van der Waals surface area (Å²) in [6.07, 6.45) is 5.45. The second-order valence-electron chi connectivity index (χ2n) is 4.99. The number of imidazole rings is 1. The van der Waals surface area contributed by atoms with E-state index in [0.717, 1.165) is 29.0 Å². The summed E-state index contributed by atoms with van der Waals surface area (Å²) in [5.41, 5.74) is 2.99. The molecule has 0 bridgehead atoms. The Bertz CT molecular complexity index is 723. The van der Waals surface area contributed by atoms with Crippen molar-refractivity contribution in [3.8, 4) is 16.9 Å². The molecular formula is C18H18N2O2. The average Bonchev–Trinajstić information content (AvgIpc) is 3.08. The fourth-order valence-corrected chi connectivity index (χ4v) is 2.38. The van der Waals surface area contributed by atoms with Crippen LogP contribution in [-0.4, -0.2) is 21.3 Å². The minimum absolute atomic E-state index is 0.0297. The number of aliphatic hydroxyl groups is 1. The van der Waals surface area contributed by atoms with Gasteiger partial charge < -0.3 is 14.4 Å². The van der Waals surface area contributed by atoms with Gasteiger partial charge in [0.25, 0.3) is 0 Å². The van der Waals surface area contributed by atoms with Crippen molar-refractivity contribution in [1.29, 1.82) is 0 Å². The molecule has 0 fully saturated rings. The molecule has 2 aromatic carbocycles. The van der Waals surface area contributed by atoms with E-state index in [2.05, 4.69) is 4.98 Å². The predicted octanol–water partition coefficient (Wildman–Crippen LogP) is 3.12. The molecule has 4 nitrogen and oxygen atoms in total. The van der Waals surface area contributed by atoms with Crippen LogP contribution in [0.5, 0.6) is 5.75 Å². The highest BCUT2D eigenvalue weighted by atomic mass is 16.5.